The molecule has 8 nitrogen and oxygen atoms in total. The van der Waals surface area contributed by atoms with Crippen LogP contribution in [-0.4, -0.2) is 60.9 Å². The lowest BCUT2D eigenvalue weighted by molar-refractivity contribution is -0.118. The van der Waals surface area contributed by atoms with E-state index < -0.39 is 10.0 Å². The Morgan fingerprint density at radius 2 is 1.91 bits per heavy atom. The minimum atomic E-state index is -3.60. The molecule has 0 aliphatic carbocycles. The summed E-state index contributed by atoms with van der Waals surface area (Å²) in [6, 6.07) is 8.95. The first-order valence-corrected chi connectivity index (χ1v) is 12.8. The highest BCUT2D eigenvalue weighted by Crippen LogP contribution is 2.31. The van der Waals surface area contributed by atoms with E-state index in [-0.39, 0.29) is 23.4 Å². The largest absolute Gasteiger partial charge is 0.492 e. The molecule has 1 saturated heterocycles. The summed E-state index contributed by atoms with van der Waals surface area (Å²) in [4.78, 5) is 15.2. The SMILES string of the molecule is CCOc1ccc(S(=O)(=O)N2CCCCC2)cc1NC(=O)CN1CCn2cccc2C1C. The molecule has 32 heavy (non-hydrogen) atoms. The van der Waals surface area contributed by atoms with Crippen LogP contribution in [0.25, 0.3) is 0 Å². The molecule has 1 aromatic carbocycles. The molecule has 0 spiro atoms. The Balaban J connectivity index is 1.51. The quantitative estimate of drug-likeness (QED) is 0.687. The second kappa shape index (κ2) is 9.64. The summed E-state index contributed by atoms with van der Waals surface area (Å²) in [5.41, 5.74) is 1.58. The summed E-state index contributed by atoms with van der Waals surface area (Å²) < 4.78 is 35.6. The first-order valence-electron chi connectivity index (χ1n) is 11.4. The Morgan fingerprint density at radius 3 is 2.66 bits per heavy atom. The van der Waals surface area contributed by atoms with Gasteiger partial charge in [-0.25, -0.2) is 8.42 Å². The van der Waals surface area contributed by atoms with Crippen molar-refractivity contribution in [1.82, 2.24) is 13.8 Å². The number of piperidine rings is 1. The summed E-state index contributed by atoms with van der Waals surface area (Å²) in [5.74, 6) is 0.282. The number of anilines is 1. The molecule has 0 saturated carbocycles. The van der Waals surface area contributed by atoms with Gasteiger partial charge in [-0.05, 0) is 57.0 Å². The highest BCUT2D eigenvalue weighted by atomic mass is 32.2. The van der Waals surface area contributed by atoms with E-state index in [1.165, 1.54) is 16.1 Å². The second-order valence-corrected chi connectivity index (χ2v) is 10.3. The van der Waals surface area contributed by atoms with E-state index in [9.17, 15) is 13.2 Å². The van der Waals surface area contributed by atoms with Crippen molar-refractivity contribution in [3.63, 3.8) is 0 Å². The topological polar surface area (TPSA) is 83.9 Å². The molecule has 2 aromatic rings. The van der Waals surface area contributed by atoms with Gasteiger partial charge in [0.25, 0.3) is 0 Å². The Hall–Kier alpha value is -2.36. The van der Waals surface area contributed by atoms with Crippen LogP contribution in [-0.2, 0) is 21.4 Å². The summed E-state index contributed by atoms with van der Waals surface area (Å²) in [5, 5.41) is 2.90. The number of sulfonamides is 1. The lowest BCUT2D eigenvalue weighted by Crippen LogP contribution is -2.41. The maximum atomic E-state index is 13.1. The molecule has 0 radical (unpaired) electrons. The number of carbonyl (C=O) groups excluding carboxylic acids is 1. The van der Waals surface area contributed by atoms with Crippen molar-refractivity contribution in [3.8, 4) is 5.75 Å². The highest BCUT2D eigenvalue weighted by Gasteiger charge is 2.28. The molecule has 3 heterocycles. The Bertz CT molecular complexity index is 1060. The van der Waals surface area contributed by atoms with Crippen molar-refractivity contribution >= 4 is 21.6 Å². The lowest BCUT2D eigenvalue weighted by atomic mass is 10.1. The van der Waals surface area contributed by atoms with Crippen LogP contribution in [0.5, 0.6) is 5.75 Å². The lowest BCUT2D eigenvalue weighted by Gasteiger charge is -2.34. The van der Waals surface area contributed by atoms with Crippen LogP contribution >= 0.6 is 0 Å². The second-order valence-electron chi connectivity index (χ2n) is 8.38. The molecular weight excluding hydrogens is 428 g/mol. The van der Waals surface area contributed by atoms with Crippen LogP contribution in [0.2, 0.25) is 0 Å². The van der Waals surface area contributed by atoms with Gasteiger partial charge in [0.1, 0.15) is 5.75 Å². The monoisotopic (exact) mass is 460 g/mol. The van der Waals surface area contributed by atoms with Crippen LogP contribution in [0.4, 0.5) is 5.69 Å². The van der Waals surface area contributed by atoms with Gasteiger partial charge in [-0.15, -0.1) is 0 Å². The van der Waals surface area contributed by atoms with E-state index in [1.807, 2.05) is 13.0 Å². The fraction of sp³-hybridized carbons (Fsp3) is 0.522. The maximum Gasteiger partial charge on any atom is 0.243 e. The van der Waals surface area contributed by atoms with Gasteiger partial charge < -0.3 is 14.6 Å². The number of nitrogens with zero attached hydrogens (tertiary/aromatic N) is 3. The smallest absolute Gasteiger partial charge is 0.243 e. The molecule has 9 heteroatoms. The molecule has 0 bridgehead atoms. The third kappa shape index (κ3) is 4.69. The number of aromatic nitrogens is 1. The normalized spacial score (nSPS) is 20.0. The summed E-state index contributed by atoms with van der Waals surface area (Å²) in [6.45, 7) is 7.27. The fourth-order valence-electron chi connectivity index (χ4n) is 4.52. The number of hydrogen-bond acceptors (Lipinski definition) is 5. The highest BCUT2D eigenvalue weighted by molar-refractivity contribution is 7.89. The summed E-state index contributed by atoms with van der Waals surface area (Å²) >= 11 is 0. The molecular formula is C23H32N4O4S. The number of hydrogen-bond donors (Lipinski definition) is 1. The molecule has 174 valence electrons. The molecule has 2 aliphatic rings. The fourth-order valence-corrected chi connectivity index (χ4v) is 6.06. The van der Waals surface area contributed by atoms with Crippen LogP contribution < -0.4 is 10.1 Å². The van der Waals surface area contributed by atoms with Gasteiger partial charge >= 0.3 is 0 Å². The summed E-state index contributed by atoms with van der Waals surface area (Å²) in [7, 11) is -3.60. The van der Waals surface area contributed by atoms with Gasteiger partial charge in [0.2, 0.25) is 15.9 Å². The van der Waals surface area contributed by atoms with Gasteiger partial charge in [-0.2, -0.15) is 4.31 Å². The first kappa shape index (κ1) is 22.8. The number of benzene rings is 1. The van der Waals surface area contributed by atoms with Crippen LogP contribution in [0.1, 0.15) is 44.8 Å². The number of carbonyl (C=O) groups is 1. The predicted molar refractivity (Wildman–Crippen MR) is 123 cm³/mol. The zero-order chi connectivity index (χ0) is 22.7. The van der Waals surface area contributed by atoms with Crippen molar-refractivity contribution in [2.45, 2.75) is 50.6 Å². The molecule has 1 fully saturated rings. The van der Waals surface area contributed by atoms with Crippen molar-refractivity contribution < 1.29 is 17.9 Å². The number of nitrogens with one attached hydrogen (secondary N) is 1. The molecule has 4 rings (SSSR count). The molecule has 1 unspecified atom stereocenters. The van der Waals surface area contributed by atoms with Gasteiger partial charge in [-0.3, -0.25) is 9.69 Å². The van der Waals surface area contributed by atoms with Gasteiger partial charge in [0.05, 0.1) is 23.7 Å². The van der Waals surface area contributed by atoms with Gasteiger partial charge in [0, 0.05) is 44.1 Å². The van der Waals surface area contributed by atoms with E-state index >= 15 is 0 Å². The number of amides is 1. The van der Waals surface area contributed by atoms with E-state index in [2.05, 4.69) is 34.0 Å². The van der Waals surface area contributed by atoms with E-state index in [1.54, 1.807) is 12.1 Å². The molecule has 1 aromatic heterocycles. The third-order valence-corrected chi connectivity index (χ3v) is 8.19. The van der Waals surface area contributed by atoms with Crippen molar-refractivity contribution in [2.75, 3.05) is 38.1 Å². The number of fused-ring (bicyclic) bond motifs is 1. The maximum absolute atomic E-state index is 13.1. The average molecular weight is 461 g/mol. The third-order valence-electron chi connectivity index (χ3n) is 6.29. The van der Waals surface area contributed by atoms with Crippen LogP contribution in [0.15, 0.2) is 41.4 Å². The van der Waals surface area contributed by atoms with Gasteiger partial charge in [-0.1, -0.05) is 6.42 Å². The van der Waals surface area contributed by atoms with Crippen LogP contribution in [0, 0.1) is 0 Å². The standard InChI is InChI=1S/C23H32N4O4S/c1-3-31-22-10-9-19(32(29,30)27-12-5-4-6-13-27)16-20(22)24-23(28)17-26-15-14-25-11-7-8-21(25)18(26)2/h7-11,16,18H,3-6,12-15,17H2,1-2H3,(H,24,28). The van der Waals surface area contributed by atoms with Crippen LogP contribution in [0.3, 0.4) is 0 Å². The first-order chi connectivity index (χ1) is 15.4. The minimum absolute atomic E-state index is 0.127. The number of ether oxygens (including phenoxy) is 1. The van der Waals surface area contributed by atoms with Crippen molar-refractivity contribution in [1.29, 1.82) is 0 Å². The van der Waals surface area contributed by atoms with E-state index in [0.29, 0.717) is 31.1 Å². The van der Waals surface area contributed by atoms with E-state index in [0.717, 1.165) is 32.4 Å². The number of rotatable bonds is 7. The Kier molecular flexibility index (Phi) is 6.88. The molecule has 1 atom stereocenters. The van der Waals surface area contributed by atoms with Crippen molar-refractivity contribution in [2.24, 2.45) is 0 Å². The zero-order valence-electron chi connectivity index (χ0n) is 18.8. The Morgan fingerprint density at radius 1 is 1.12 bits per heavy atom. The minimum Gasteiger partial charge on any atom is -0.492 e. The predicted octanol–water partition coefficient (Wildman–Crippen LogP) is 3.08. The molecule has 2 aliphatic heterocycles. The van der Waals surface area contributed by atoms with Gasteiger partial charge in [0.15, 0.2) is 0 Å². The van der Waals surface area contributed by atoms with Crippen molar-refractivity contribution in [3.05, 3.63) is 42.2 Å². The summed E-state index contributed by atoms with van der Waals surface area (Å²) in [6.07, 6.45) is 4.86. The molecule has 1 amide bonds. The zero-order valence-corrected chi connectivity index (χ0v) is 19.6. The molecule has 1 N–H and O–H groups in total. The Labute approximate surface area is 190 Å². The average Bonchev–Trinajstić information content (AvgIpc) is 3.27. The van der Waals surface area contributed by atoms with E-state index in [4.69, 9.17) is 4.74 Å².